The van der Waals surface area contributed by atoms with E-state index in [9.17, 15) is 9.59 Å². The van der Waals surface area contributed by atoms with E-state index in [-0.39, 0.29) is 17.6 Å². The Balaban J connectivity index is 1.54. The molecule has 1 aliphatic heterocycles. The molecular weight excluding hydrogens is 395 g/mol. The Morgan fingerprint density at radius 3 is 2.85 bits per heavy atom. The second-order valence-electron chi connectivity index (χ2n) is 5.74. The Hall–Kier alpha value is -1.89. The van der Waals surface area contributed by atoms with Crippen LogP contribution in [-0.2, 0) is 15.3 Å². The van der Waals surface area contributed by atoms with E-state index in [2.05, 4.69) is 10.6 Å². The summed E-state index contributed by atoms with van der Waals surface area (Å²) in [6.07, 6.45) is -0.529. The zero-order valence-corrected chi connectivity index (χ0v) is 16.2. The third kappa shape index (κ3) is 4.63. The van der Waals surface area contributed by atoms with Gasteiger partial charge in [-0.25, -0.2) is 0 Å². The van der Waals surface area contributed by atoms with Gasteiger partial charge in [0.1, 0.15) is 5.75 Å². The highest BCUT2D eigenvalue weighted by Gasteiger charge is 2.23. The van der Waals surface area contributed by atoms with Crippen LogP contribution in [0.1, 0.15) is 12.5 Å². The number of hydrogen-bond donors (Lipinski definition) is 2. The highest BCUT2D eigenvalue weighted by molar-refractivity contribution is 7.99. The van der Waals surface area contributed by atoms with E-state index >= 15 is 0 Å². The van der Waals surface area contributed by atoms with Gasteiger partial charge >= 0.3 is 0 Å². The van der Waals surface area contributed by atoms with Gasteiger partial charge < -0.3 is 15.4 Å². The van der Waals surface area contributed by atoms with Crippen LogP contribution in [0.4, 0.5) is 11.4 Å². The molecule has 0 spiro atoms. The molecule has 0 saturated carbocycles. The maximum Gasteiger partial charge on any atom is 0.265 e. The normalized spacial score (nSPS) is 15.7. The summed E-state index contributed by atoms with van der Waals surface area (Å²) in [6, 6.07) is 10.4. The number of amides is 2. The van der Waals surface area contributed by atoms with Crippen molar-refractivity contribution in [1.29, 1.82) is 0 Å². The maximum atomic E-state index is 12.1. The number of benzene rings is 2. The topological polar surface area (TPSA) is 67.4 Å². The molecule has 2 aromatic rings. The van der Waals surface area contributed by atoms with E-state index in [0.29, 0.717) is 32.9 Å². The highest BCUT2D eigenvalue weighted by Crippen LogP contribution is 2.32. The van der Waals surface area contributed by atoms with Crippen molar-refractivity contribution in [2.75, 3.05) is 16.4 Å². The second kappa shape index (κ2) is 8.20. The number of thioether (sulfide) groups is 1. The fourth-order valence-electron chi connectivity index (χ4n) is 2.38. The fourth-order valence-corrected chi connectivity index (χ4v) is 3.76. The molecule has 0 fully saturated rings. The van der Waals surface area contributed by atoms with Crippen LogP contribution in [-0.4, -0.2) is 23.7 Å². The SMILES string of the molecule is CC1Oc2ccc(NC(=O)CSCc3ccc(Cl)cc3Cl)cc2NC1=O. The molecule has 0 bridgehead atoms. The molecule has 3 rings (SSSR count). The van der Waals surface area contributed by atoms with E-state index in [1.165, 1.54) is 11.8 Å². The monoisotopic (exact) mass is 410 g/mol. The van der Waals surface area contributed by atoms with Gasteiger partial charge in [-0.1, -0.05) is 29.3 Å². The third-order valence-electron chi connectivity index (χ3n) is 3.70. The van der Waals surface area contributed by atoms with Gasteiger partial charge in [0, 0.05) is 21.5 Å². The average molecular weight is 411 g/mol. The van der Waals surface area contributed by atoms with E-state index in [0.717, 1.165) is 5.56 Å². The molecule has 26 heavy (non-hydrogen) atoms. The van der Waals surface area contributed by atoms with Crippen LogP contribution < -0.4 is 15.4 Å². The summed E-state index contributed by atoms with van der Waals surface area (Å²) in [7, 11) is 0. The molecule has 1 aliphatic rings. The molecule has 8 heteroatoms. The van der Waals surface area contributed by atoms with E-state index in [4.69, 9.17) is 27.9 Å². The lowest BCUT2D eigenvalue weighted by Gasteiger charge is -2.23. The summed E-state index contributed by atoms with van der Waals surface area (Å²) in [5.74, 6) is 1.11. The van der Waals surface area contributed by atoms with Crippen molar-refractivity contribution in [3.8, 4) is 5.75 Å². The van der Waals surface area contributed by atoms with Crippen LogP contribution in [0, 0.1) is 0 Å². The smallest absolute Gasteiger partial charge is 0.265 e. The predicted octanol–water partition coefficient (Wildman–Crippen LogP) is 4.58. The van der Waals surface area contributed by atoms with Gasteiger partial charge in [-0.05, 0) is 42.8 Å². The van der Waals surface area contributed by atoms with Crippen molar-refractivity contribution < 1.29 is 14.3 Å². The van der Waals surface area contributed by atoms with Gasteiger partial charge in [0.05, 0.1) is 11.4 Å². The van der Waals surface area contributed by atoms with Gasteiger partial charge in [0.15, 0.2) is 6.10 Å². The average Bonchev–Trinajstić information content (AvgIpc) is 2.58. The molecule has 136 valence electrons. The molecule has 5 nitrogen and oxygen atoms in total. The summed E-state index contributed by atoms with van der Waals surface area (Å²) >= 11 is 13.4. The standard InChI is InChI=1S/C18H16Cl2N2O3S/c1-10-18(24)22-15-7-13(4-5-16(15)25-10)21-17(23)9-26-8-11-2-3-12(19)6-14(11)20/h2-7,10H,8-9H2,1H3,(H,21,23)(H,22,24). The predicted molar refractivity (Wildman–Crippen MR) is 106 cm³/mol. The molecule has 1 atom stereocenters. The zero-order valence-electron chi connectivity index (χ0n) is 13.8. The molecule has 2 amide bonds. The molecule has 2 aromatic carbocycles. The van der Waals surface area contributed by atoms with Crippen LogP contribution in [0.15, 0.2) is 36.4 Å². The first-order valence-electron chi connectivity index (χ1n) is 7.85. The van der Waals surface area contributed by atoms with Gasteiger partial charge in [-0.3, -0.25) is 9.59 Å². The first kappa shape index (κ1) is 18.9. The second-order valence-corrected chi connectivity index (χ2v) is 7.57. The van der Waals surface area contributed by atoms with E-state index < -0.39 is 6.10 Å². The van der Waals surface area contributed by atoms with Crippen molar-refractivity contribution in [3.63, 3.8) is 0 Å². The van der Waals surface area contributed by atoms with Crippen LogP contribution in [0.5, 0.6) is 5.75 Å². The molecule has 1 heterocycles. The number of fused-ring (bicyclic) bond motifs is 1. The van der Waals surface area contributed by atoms with Crippen molar-refractivity contribution in [1.82, 2.24) is 0 Å². The summed E-state index contributed by atoms with van der Waals surface area (Å²) < 4.78 is 5.49. The number of rotatable bonds is 5. The van der Waals surface area contributed by atoms with Gasteiger partial charge in [-0.2, -0.15) is 0 Å². The zero-order chi connectivity index (χ0) is 18.7. The summed E-state index contributed by atoms with van der Waals surface area (Å²) in [6.45, 7) is 1.68. The maximum absolute atomic E-state index is 12.1. The Labute approximate surface area is 165 Å². The lowest BCUT2D eigenvalue weighted by molar-refractivity contribution is -0.122. The molecular formula is C18H16Cl2N2O3S. The number of carbonyl (C=O) groups is 2. The van der Waals surface area contributed by atoms with Crippen LogP contribution >= 0.6 is 35.0 Å². The van der Waals surface area contributed by atoms with Crippen molar-refractivity contribution in [2.24, 2.45) is 0 Å². The van der Waals surface area contributed by atoms with E-state index in [1.54, 1.807) is 37.3 Å². The number of ether oxygens (including phenoxy) is 1. The molecule has 0 aromatic heterocycles. The first-order valence-corrected chi connectivity index (χ1v) is 9.76. The minimum Gasteiger partial charge on any atom is -0.479 e. The van der Waals surface area contributed by atoms with Crippen molar-refractivity contribution >= 4 is 58.2 Å². The molecule has 0 saturated heterocycles. The Bertz CT molecular complexity index is 860. The molecule has 0 radical (unpaired) electrons. The third-order valence-corrected chi connectivity index (χ3v) is 5.27. The number of halogens is 2. The number of anilines is 2. The first-order chi connectivity index (χ1) is 12.4. The minimum absolute atomic E-state index is 0.142. The summed E-state index contributed by atoms with van der Waals surface area (Å²) in [4.78, 5) is 23.8. The Morgan fingerprint density at radius 1 is 1.27 bits per heavy atom. The molecule has 1 unspecified atom stereocenters. The van der Waals surface area contributed by atoms with Crippen LogP contribution in [0.2, 0.25) is 10.0 Å². The highest BCUT2D eigenvalue weighted by atomic mass is 35.5. The fraction of sp³-hybridized carbons (Fsp3) is 0.222. The summed E-state index contributed by atoms with van der Waals surface area (Å²) in [5.41, 5.74) is 2.07. The Morgan fingerprint density at radius 2 is 2.08 bits per heavy atom. The molecule has 2 N–H and O–H groups in total. The van der Waals surface area contributed by atoms with Crippen molar-refractivity contribution in [2.45, 2.75) is 18.8 Å². The lowest BCUT2D eigenvalue weighted by Crippen LogP contribution is -2.34. The number of carbonyl (C=O) groups excluding carboxylic acids is 2. The summed E-state index contributed by atoms with van der Waals surface area (Å²) in [5, 5.41) is 6.73. The molecule has 0 aliphatic carbocycles. The van der Waals surface area contributed by atoms with E-state index in [1.807, 2.05) is 6.07 Å². The minimum atomic E-state index is -0.529. The van der Waals surface area contributed by atoms with Crippen LogP contribution in [0.3, 0.4) is 0 Å². The quantitative estimate of drug-likeness (QED) is 0.756. The Kier molecular flexibility index (Phi) is 5.96. The van der Waals surface area contributed by atoms with Gasteiger partial charge in [0.2, 0.25) is 5.91 Å². The largest absolute Gasteiger partial charge is 0.479 e. The van der Waals surface area contributed by atoms with Gasteiger partial charge in [0.25, 0.3) is 5.91 Å². The number of nitrogens with one attached hydrogen (secondary N) is 2. The lowest BCUT2D eigenvalue weighted by atomic mass is 10.2. The van der Waals surface area contributed by atoms with Gasteiger partial charge in [-0.15, -0.1) is 11.8 Å². The van der Waals surface area contributed by atoms with Crippen molar-refractivity contribution in [3.05, 3.63) is 52.0 Å². The van der Waals surface area contributed by atoms with Crippen LogP contribution in [0.25, 0.3) is 0 Å². The number of hydrogen-bond acceptors (Lipinski definition) is 4.